The molecule has 0 aliphatic carbocycles. The molecule has 1 aliphatic rings. The van der Waals surface area contributed by atoms with Crippen LogP contribution in [-0.2, 0) is 4.74 Å². The second-order valence-electron chi connectivity index (χ2n) is 3.34. The van der Waals surface area contributed by atoms with E-state index in [-0.39, 0.29) is 16.9 Å². The molecule has 0 fully saturated rings. The molecule has 2 rings (SSSR count). The SMILES string of the molecule is COCC1CNc2cc(F)cc(Cl)c2O1. The molecule has 1 aliphatic heterocycles. The smallest absolute Gasteiger partial charge is 0.161 e. The summed E-state index contributed by atoms with van der Waals surface area (Å²) in [7, 11) is 1.60. The molecular weight excluding hydrogens is 221 g/mol. The average Bonchev–Trinajstić information content (AvgIpc) is 2.19. The minimum absolute atomic E-state index is 0.0922. The van der Waals surface area contributed by atoms with E-state index in [1.54, 1.807) is 7.11 Å². The van der Waals surface area contributed by atoms with Crippen LogP contribution in [0.2, 0.25) is 5.02 Å². The van der Waals surface area contributed by atoms with Crippen molar-refractivity contribution in [2.75, 3.05) is 25.6 Å². The van der Waals surface area contributed by atoms with E-state index in [0.717, 1.165) is 0 Å². The van der Waals surface area contributed by atoms with E-state index >= 15 is 0 Å². The molecule has 0 aromatic heterocycles. The largest absolute Gasteiger partial charge is 0.482 e. The molecule has 1 N–H and O–H groups in total. The maximum absolute atomic E-state index is 13.0. The van der Waals surface area contributed by atoms with E-state index in [4.69, 9.17) is 21.1 Å². The van der Waals surface area contributed by atoms with Gasteiger partial charge in [0.05, 0.1) is 23.9 Å². The van der Waals surface area contributed by atoms with Gasteiger partial charge >= 0.3 is 0 Å². The molecular formula is C10H11ClFNO2. The molecule has 1 aromatic carbocycles. The summed E-state index contributed by atoms with van der Waals surface area (Å²) in [4.78, 5) is 0. The first kappa shape index (κ1) is 10.5. The van der Waals surface area contributed by atoms with Crippen LogP contribution >= 0.6 is 11.6 Å². The fourth-order valence-corrected chi connectivity index (χ4v) is 1.77. The van der Waals surface area contributed by atoms with E-state index in [0.29, 0.717) is 24.6 Å². The average molecular weight is 232 g/mol. The van der Waals surface area contributed by atoms with Crippen LogP contribution in [0.3, 0.4) is 0 Å². The summed E-state index contributed by atoms with van der Waals surface area (Å²) in [6.45, 7) is 1.06. The molecule has 3 nitrogen and oxygen atoms in total. The third kappa shape index (κ3) is 2.16. The first-order chi connectivity index (χ1) is 7.20. The Labute approximate surface area is 92.1 Å². The number of ether oxygens (including phenoxy) is 2. The van der Waals surface area contributed by atoms with E-state index in [9.17, 15) is 4.39 Å². The molecule has 0 saturated heterocycles. The predicted molar refractivity (Wildman–Crippen MR) is 56.2 cm³/mol. The predicted octanol–water partition coefficient (Wildman–Crippen LogP) is 2.30. The number of nitrogens with one attached hydrogen (secondary N) is 1. The van der Waals surface area contributed by atoms with Crippen molar-refractivity contribution < 1.29 is 13.9 Å². The van der Waals surface area contributed by atoms with Gasteiger partial charge in [-0.15, -0.1) is 0 Å². The van der Waals surface area contributed by atoms with Crippen molar-refractivity contribution >= 4 is 17.3 Å². The van der Waals surface area contributed by atoms with Gasteiger partial charge in [-0.05, 0) is 6.07 Å². The Hall–Kier alpha value is -1.00. The Kier molecular flexibility index (Phi) is 2.98. The Morgan fingerprint density at radius 2 is 2.47 bits per heavy atom. The van der Waals surface area contributed by atoms with E-state index < -0.39 is 0 Å². The zero-order chi connectivity index (χ0) is 10.8. The molecule has 5 heteroatoms. The highest BCUT2D eigenvalue weighted by Gasteiger charge is 2.22. The van der Waals surface area contributed by atoms with Crippen LogP contribution in [0.4, 0.5) is 10.1 Å². The van der Waals surface area contributed by atoms with Crippen LogP contribution in [0.15, 0.2) is 12.1 Å². The number of rotatable bonds is 2. The summed E-state index contributed by atoms with van der Waals surface area (Å²) in [6, 6.07) is 2.60. The van der Waals surface area contributed by atoms with Crippen LogP contribution in [-0.4, -0.2) is 26.4 Å². The number of anilines is 1. The van der Waals surface area contributed by atoms with Gasteiger partial charge in [0.1, 0.15) is 11.9 Å². The van der Waals surface area contributed by atoms with Crippen molar-refractivity contribution in [2.24, 2.45) is 0 Å². The van der Waals surface area contributed by atoms with Gasteiger partial charge in [0.15, 0.2) is 5.75 Å². The first-order valence-electron chi connectivity index (χ1n) is 4.59. The summed E-state index contributed by atoms with van der Waals surface area (Å²) in [5.41, 5.74) is 0.590. The third-order valence-corrected chi connectivity index (χ3v) is 2.45. The van der Waals surface area contributed by atoms with E-state index in [2.05, 4.69) is 5.32 Å². The summed E-state index contributed by atoms with van der Waals surface area (Å²) >= 11 is 5.87. The zero-order valence-electron chi connectivity index (χ0n) is 8.22. The molecule has 82 valence electrons. The monoisotopic (exact) mass is 231 g/mol. The quantitative estimate of drug-likeness (QED) is 0.847. The molecule has 0 amide bonds. The van der Waals surface area contributed by atoms with Gasteiger partial charge in [-0.3, -0.25) is 0 Å². The molecule has 15 heavy (non-hydrogen) atoms. The van der Waals surface area contributed by atoms with Crippen LogP contribution in [0.1, 0.15) is 0 Å². The number of hydrogen-bond acceptors (Lipinski definition) is 3. The maximum atomic E-state index is 13.0. The molecule has 1 aromatic rings. The fraction of sp³-hybridized carbons (Fsp3) is 0.400. The summed E-state index contributed by atoms with van der Waals surface area (Å²) in [5.74, 6) is 0.117. The second-order valence-corrected chi connectivity index (χ2v) is 3.75. The maximum Gasteiger partial charge on any atom is 0.161 e. The standard InChI is InChI=1S/C10H11ClFNO2/c1-14-5-7-4-13-9-3-6(12)2-8(11)10(9)15-7/h2-3,7,13H,4-5H2,1H3. The highest BCUT2D eigenvalue weighted by molar-refractivity contribution is 6.32. The molecule has 1 unspecified atom stereocenters. The molecule has 0 saturated carbocycles. The van der Waals surface area contributed by atoms with Gasteiger partial charge in [0, 0.05) is 13.2 Å². The molecule has 0 spiro atoms. The molecule has 1 heterocycles. The van der Waals surface area contributed by atoms with Gasteiger partial charge in [-0.1, -0.05) is 11.6 Å². The van der Waals surface area contributed by atoms with Crippen LogP contribution in [0.25, 0.3) is 0 Å². The van der Waals surface area contributed by atoms with E-state index in [1.165, 1.54) is 12.1 Å². The van der Waals surface area contributed by atoms with Crippen LogP contribution in [0.5, 0.6) is 5.75 Å². The fourth-order valence-electron chi connectivity index (χ4n) is 1.52. The topological polar surface area (TPSA) is 30.5 Å². The van der Waals surface area contributed by atoms with Crippen LogP contribution in [0, 0.1) is 5.82 Å². The first-order valence-corrected chi connectivity index (χ1v) is 4.97. The Morgan fingerprint density at radius 3 is 3.20 bits per heavy atom. The van der Waals surface area contributed by atoms with Crippen molar-refractivity contribution in [1.29, 1.82) is 0 Å². The van der Waals surface area contributed by atoms with Gasteiger partial charge in [-0.2, -0.15) is 0 Å². The third-order valence-electron chi connectivity index (χ3n) is 2.17. The van der Waals surface area contributed by atoms with Crippen molar-refractivity contribution in [3.63, 3.8) is 0 Å². The summed E-state index contributed by atoms with van der Waals surface area (Å²) in [6.07, 6.45) is -0.0922. The summed E-state index contributed by atoms with van der Waals surface area (Å²) < 4.78 is 23.5. The zero-order valence-corrected chi connectivity index (χ0v) is 8.97. The summed E-state index contributed by atoms with van der Waals surface area (Å²) in [5, 5.41) is 3.33. The van der Waals surface area contributed by atoms with Crippen molar-refractivity contribution in [3.8, 4) is 5.75 Å². The number of benzene rings is 1. The van der Waals surface area contributed by atoms with Crippen molar-refractivity contribution in [1.82, 2.24) is 0 Å². The highest BCUT2D eigenvalue weighted by Crippen LogP contribution is 2.37. The number of fused-ring (bicyclic) bond motifs is 1. The minimum atomic E-state index is -0.375. The number of halogens is 2. The van der Waals surface area contributed by atoms with Gasteiger partial charge in [-0.25, -0.2) is 4.39 Å². The number of methoxy groups -OCH3 is 1. The van der Waals surface area contributed by atoms with Gasteiger partial charge in [0.2, 0.25) is 0 Å². The Morgan fingerprint density at radius 1 is 1.67 bits per heavy atom. The van der Waals surface area contributed by atoms with Gasteiger partial charge < -0.3 is 14.8 Å². The Balaban J connectivity index is 2.25. The lowest BCUT2D eigenvalue weighted by atomic mass is 10.2. The van der Waals surface area contributed by atoms with E-state index in [1.807, 2.05) is 0 Å². The lowest BCUT2D eigenvalue weighted by Crippen LogP contribution is -2.34. The highest BCUT2D eigenvalue weighted by atomic mass is 35.5. The molecule has 1 atom stereocenters. The molecule has 0 bridgehead atoms. The second kappa shape index (κ2) is 4.24. The molecule has 0 radical (unpaired) electrons. The minimum Gasteiger partial charge on any atom is -0.482 e. The van der Waals surface area contributed by atoms with Gasteiger partial charge in [0.25, 0.3) is 0 Å². The lowest BCUT2D eigenvalue weighted by molar-refractivity contribution is 0.0848. The van der Waals surface area contributed by atoms with Crippen molar-refractivity contribution in [2.45, 2.75) is 6.10 Å². The van der Waals surface area contributed by atoms with Crippen molar-refractivity contribution in [3.05, 3.63) is 23.0 Å². The lowest BCUT2D eigenvalue weighted by Gasteiger charge is -2.27. The van der Waals surface area contributed by atoms with Crippen LogP contribution < -0.4 is 10.1 Å². The number of hydrogen-bond donors (Lipinski definition) is 1. The Bertz CT molecular complexity index is 373. The normalized spacial score (nSPS) is 19.0.